The molecule has 1 aliphatic heterocycles. The highest BCUT2D eigenvalue weighted by atomic mass is 35.5. The Morgan fingerprint density at radius 3 is 2.83 bits per heavy atom. The lowest BCUT2D eigenvalue weighted by molar-refractivity contribution is -0.384. The summed E-state index contributed by atoms with van der Waals surface area (Å²) in [7, 11) is 0. The third kappa shape index (κ3) is 2.22. The van der Waals surface area contributed by atoms with Gasteiger partial charge in [-0.25, -0.2) is 0 Å². The smallest absolute Gasteiger partial charge is 0.293 e. The fraction of sp³-hybridized carbons (Fsp3) is 0.250. The minimum atomic E-state index is -0.514. The number of amides is 1. The lowest BCUT2D eigenvalue weighted by Gasteiger charge is -2.16. The van der Waals surface area contributed by atoms with Gasteiger partial charge in [0, 0.05) is 30.0 Å². The second-order valence-corrected chi connectivity index (χ2v) is 4.53. The minimum absolute atomic E-state index is 0.0242. The van der Waals surface area contributed by atoms with Crippen molar-refractivity contribution in [2.45, 2.75) is 6.42 Å². The van der Waals surface area contributed by atoms with E-state index < -0.39 is 4.92 Å². The number of benzene rings is 1. The molecule has 0 radical (unpaired) electrons. The van der Waals surface area contributed by atoms with Gasteiger partial charge in [0.25, 0.3) is 5.69 Å². The molecule has 1 aromatic rings. The van der Waals surface area contributed by atoms with E-state index in [2.05, 4.69) is 6.58 Å². The Morgan fingerprint density at radius 1 is 1.56 bits per heavy atom. The van der Waals surface area contributed by atoms with Crippen molar-refractivity contribution >= 4 is 28.9 Å². The van der Waals surface area contributed by atoms with Gasteiger partial charge in [-0.3, -0.25) is 14.9 Å². The molecule has 0 saturated carbocycles. The van der Waals surface area contributed by atoms with Crippen molar-refractivity contribution in [1.29, 1.82) is 0 Å². The van der Waals surface area contributed by atoms with E-state index in [9.17, 15) is 14.9 Å². The molecule has 1 fully saturated rings. The summed E-state index contributed by atoms with van der Waals surface area (Å²) in [6, 6.07) is 4.20. The summed E-state index contributed by atoms with van der Waals surface area (Å²) in [5.74, 6) is -0.124. The normalized spacial score (nSPS) is 19.1. The molecule has 5 nitrogen and oxygen atoms in total. The Bertz CT molecular complexity index is 530. The quantitative estimate of drug-likeness (QED) is 0.480. The van der Waals surface area contributed by atoms with Gasteiger partial charge in [-0.1, -0.05) is 17.7 Å². The minimum Gasteiger partial charge on any atom is -0.306 e. The maximum atomic E-state index is 11.8. The molecule has 1 unspecified atom stereocenters. The summed E-state index contributed by atoms with van der Waals surface area (Å²) in [6.07, 6.45) is 2.02. The van der Waals surface area contributed by atoms with Crippen LogP contribution in [0.5, 0.6) is 0 Å². The summed E-state index contributed by atoms with van der Waals surface area (Å²) in [5, 5.41) is 11.3. The highest BCUT2D eigenvalue weighted by molar-refractivity contribution is 6.31. The van der Waals surface area contributed by atoms with E-state index in [0.29, 0.717) is 18.0 Å². The van der Waals surface area contributed by atoms with Crippen molar-refractivity contribution < 1.29 is 9.72 Å². The molecule has 1 atom stereocenters. The number of nitro groups is 1. The Balaban J connectivity index is 2.44. The van der Waals surface area contributed by atoms with Crippen molar-refractivity contribution in [3.8, 4) is 0 Å². The first kappa shape index (κ1) is 12.6. The van der Waals surface area contributed by atoms with Crippen LogP contribution in [-0.4, -0.2) is 17.4 Å². The molecule has 1 amide bonds. The molecule has 1 saturated heterocycles. The van der Waals surface area contributed by atoms with Gasteiger partial charge >= 0.3 is 0 Å². The van der Waals surface area contributed by atoms with Gasteiger partial charge in [0.05, 0.1) is 4.92 Å². The Kier molecular flexibility index (Phi) is 3.34. The second kappa shape index (κ2) is 4.78. The third-order valence-corrected chi connectivity index (χ3v) is 3.15. The average Bonchev–Trinajstić information content (AvgIpc) is 2.70. The number of carbonyl (C=O) groups excluding carboxylic acids is 1. The Hall–Kier alpha value is -1.88. The fourth-order valence-corrected chi connectivity index (χ4v) is 2.16. The highest BCUT2D eigenvalue weighted by Crippen LogP contribution is 2.35. The molecule has 1 aromatic carbocycles. The molecule has 0 aromatic heterocycles. The molecular weight excluding hydrogens is 256 g/mol. The van der Waals surface area contributed by atoms with Crippen LogP contribution in [-0.2, 0) is 4.79 Å². The lowest BCUT2D eigenvalue weighted by Crippen LogP contribution is -2.25. The maximum Gasteiger partial charge on any atom is 0.293 e. The van der Waals surface area contributed by atoms with Gasteiger partial charge < -0.3 is 4.90 Å². The zero-order valence-corrected chi connectivity index (χ0v) is 10.3. The monoisotopic (exact) mass is 266 g/mol. The van der Waals surface area contributed by atoms with Crippen molar-refractivity contribution in [2.24, 2.45) is 5.92 Å². The summed E-state index contributed by atoms with van der Waals surface area (Å²) in [6.45, 7) is 4.05. The molecule has 18 heavy (non-hydrogen) atoms. The van der Waals surface area contributed by atoms with E-state index in [0.717, 1.165) is 0 Å². The van der Waals surface area contributed by atoms with Gasteiger partial charge in [0.1, 0.15) is 5.69 Å². The largest absolute Gasteiger partial charge is 0.306 e. The third-order valence-electron chi connectivity index (χ3n) is 2.91. The number of hydrogen-bond acceptors (Lipinski definition) is 3. The van der Waals surface area contributed by atoms with Crippen molar-refractivity contribution in [3.63, 3.8) is 0 Å². The van der Waals surface area contributed by atoms with E-state index in [1.165, 1.54) is 23.1 Å². The number of carbonyl (C=O) groups is 1. The van der Waals surface area contributed by atoms with Crippen LogP contribution in [0.4, 0.5) is 11.4 Å². The Morgan fingerprint density at radius 2 is 2.28 bits per heavy atom. The van der Waals surface area contributed by atoms with E-state index >= 15 is 0 Å². The van der Waals surface area contributed by atoms with E-state index in [1.807, 2.05) is 0 Å². The van der Waals surface area contributed by atoms with Crippen molar-refractivity contribution in [2.75, 3.05) is 11.4 Å². The number of hydrogen-bond donors (Lipinski definition) is 0. The fourth-order valence-electron chi connectivity index (χ4n) is 1.99. The van der Waals surface area contributed by atoms with E-state index in [4.69, 9.17) is 11.6 Å². The first-order valence-electron chi connectivity index (χ1n) is 5.39. The number of rotatable bonds is 3. The highest BCUT2D eigenvalue weighted by Gasteiger charge is 2.32. The topological polar surface area (TPSA) is 63.5 Å². The molecule has 2 rings (SSSR count). The molecule has 94 valence electrons. The second-order valence-electron chi connectivity index (χ2n) is 4.09. The van der Waals surface area contributed by atoms with E-state index in [1.54, 1.807) is 6.08 Å². The summed E-state index contributed by atoms with van der Waals surface area (Å²) < 4.78 is 0. The van der Waals surface area contributed by atoms with Crippen LogP contribution in [0.3, 0.4) is 0 Å². The molecule has 0 bridgehead atoms. The van der Waals surface area contributed by atoms with Crippen molar-refractivity contribution in [1.82, 2.24) is 0 Å². The number of nitrogens with zero attached hydrogens (tertiary/aromatic N) is 2. The van der Waals surface area contributed by atoms with Crippen molar-refractivity contribution in [3.05, 3.63) is 46.0 Å². The maximum absolute atomic E-state index is 11.8. The molecule has 1 aliphatic rings. The lowest BCUT2D eigenvalue weighted by atomic mass is 10.1. The van der Waals surface area contributed by atoms with Gasteiger partial charge in [-0.2, -0.15) is 0 Å². The predicted octanol–water partition coefficient (Wildman–Crippen LogP) is 2.79. The van der Waals surface area contributed by atoms with Crippen LogP contribution in [0.1, 0.15) is 6.42 Å². The number of nitro benzene ring substituents is 1. The van der Waals surface area contributed by atoms with Crippen LogP contribution in [0.25, 0.3) is 0 Å². The summed E-state index contributed by atoms with van der Waals surface area (Å²) in [5.41, 5.74) is 0.138. The van der Waals surface area contributed by atoms with Crippen LogP contribution in [0.15, 0.2) is 30.9 Å². The Labute approximate surface area is 109 Å². The zero-order chi connectivity index (χ0) is 13.3. The van der Waals surface area contributed by atoms with Gasteiger partial charge in [0.2, 0.25) is 5.91 Å². The zero-order valence-electron chi connectivity index (χ0n) is 9.51. The standard InChI is InChI=1S/C12H11ClN2O3/c1-2-8-5-12(16)14(7-8)11-6-9(13)3-4-10(11)15(17)18/h2-4,6,8H,1,5,7H2. The first-order valence-corrected chi connectivity index (χ1v) is 5.77. The van der Waals surface area contributed by atoms with Gasteiger partial charge in [-0.15, -0.1) is 6.58 Å². The van der Waals surface area contributed by atoms with Crippen LogP contribution in [0, 0.1) is 16.0 Å². The van der Waals surface area contributed by atoms with Crippen LogP contribution >= 0.6 is 11.6 Å². The SMILES string of the molecule is C=CC1CC(=O)N(c2cc(Cl)ccc2[N+](=O)[O-])C1. The van der Waals surface area contributed by atoms with Crippen LogP contribution < -0.4 is 4.90 Å². The molecule has 0 aliphatic carbocycles. The number of anilines is 1. The van der Waals surface area contributed by atoms with Gasteiger partial charge in [-0.05, 0) is 12.1 Å². The molecular formula is C12H11ClN2O3. The predicted molar refractivity (Wildman–Crippen MR) is 68.8 cm³/mol. The molecule has 0 spiro atoms. The van der Waals surface area contributed by atoms with Crippen LogP contribution in [0.2, 0.25) is 5.02 Å². The molecule has 1 heterocycles. The summed E-state index contributed by atoms with van der Waals surface area (Å²) >= 11 is 5.84. The average molecular weight is 267 g/mol. The molecule has 0 N–H and O–H groups in total. The molecule has 6 heteroatoms. The van der Waals surface area contributed by atoms with E-state index in [-0.39, 0.29) is 23.2 Å². The first-order chi connectivity index (χ1) is 8.52. The van der Waals surface area contributed by atoms with Gasteiger partial charge in [0.15, 0.2) is 0 Å². The summed E-state index contributed by atoms with van der Waals surface area (Å²) in [4.78, 5) is 23.7. The number of halogens is 1.